The van der Waals surface area contributed by atoms with Crippen LogP contribution in [0.3, 0.4) is 0 Å². The first-order valence-corrected chi connectivity index (χ1v) is 17.0. The molecule has 4 saturated heterocycles. The molecular formula is C36H39F3N6O2. The number of aromatic nitrogens is 2. The second kappa shape index (κ2) is 10.9. The van der Waals surface area contributed by atoms with Crippen molar-refractivity contribution in [2.75, 3.05) is 57.3 Å². The smallest absolute Gasteiger partial charge is 0.319 e. The zero-order chi connectivity index (χ0) is 31.9. The van der Waals surface area contributed by atoms with Gasteiger partial charge in [-0.1, -0.05) is 12.1 Å². The minimum absolute atomic E-state index is 0.0158. The predicted octanol–water partition coefficient (Wildman–Crippen LogP) is 5.36. The number of aromatic hydroxyl groups is 1. The van der Waals surface area contributed by atoms with Crippen LogP contribution >= 0.6 is 0 Å². The van der Waals surface area contributed by atoms with Crippen molar-refractivity contribution in [2.24, 2.45) is 10.8 Å². The Balaban J connectivity index is 1.07. The maximum atomic E-state index is 16.7. The SMILES string of the molecule is Oc1cc(-c2ccc3c(N4CC5CCC(C4)N5)nc(OCC4(CN5CCC6(CC5)CNC6)CC4)nc3c2F)c2c(F)c(F)ccc2c1. The molecule has 5 fully saturated rings. The molecule has 3 aromatic carbocycles. The normalized spacial score (nSPS) is 24.6. The number of hydrogen-bond acceptors (Lipinski definition) is 8. The van der Waals surface area contributed by atoms with Crippen molar-refractivity contribution >= 4 is 27.5 Å². The molecular weight excluding hydrogens is 605 g/mol. The van der Waals surface area contributed by atoms with E-state index < -0.39 is 17.5 Å². The van der Waals surface area contributed by atoms with E-state index >= 15 is 8.78 Å². The molecule has 2 unspecified atom stereocenters. The van der Waals surface area contributed by atoms with Crippen LogP contribution in [0, 0.1) is 28.3 Å². The summed E-state index contributed by atoms with van der Waals surface area (Å²) in [5.41, 5.74) is 0.661. The fraction of sp³-hybridized carbons (Fsp3) is 0.500. The molecule has 4 aliphatic heterocycles. The molecule has 1 aromatic heterocycles. The first-order chi connectivity index (χ1) is 22.8. The van der Waals surface area contributed by atoms with E-state index in [2.05, 4.69) is 25.4 Å². The summed E-state index contributed by atoms with van der Waals surface area (Å²) in [5.74, 6) is -2.39. The van der Waals surface area contributed by atoms with Gasteiger partial charge in [0.1, 0.15) is 17.1 Å². The van der Waals surface area contributed by atoms with Crippen LogP contribution in [0.2, 0.25) is 0 Å². The molecule has 5 aliphatic rings. The molecule has 0 radical (unpaired) electrons. The first kappa shape index (κ1) is 29.5. The summed E-state index contributed by atoms with van der Waals surface area (Å²) < 4.78 is 52.7. The number of likely N-dealkylation sites (tertiary alicyclic amines) is 1. The second-order valence-electron chi connectivity index (χ2n) is 14.8. The summed E-state index contributed by atoms with van der Waals surface area (Å²) in [5, 5.41) is 18.2. The van der Waals surface area contributed by atoms with Gasteiger partial charge in [-0.2, -0.15) is 9.97 Å². The molecule has 9 rings (SSSR count). The predicted molar refractivity (Wildman–Crippen MR) is 174 cm³/mol. The number of rotatable bonds is 7. The number of phenolic OH excluding ortho intramolecular Hbond substituents is 1. The quantitative estimate of drug-likeness (QED) is 0.248. The highest BCUT2D eigenvalue weighted by molar-refractivity contribution is 6.01. The molecule has 2 bridgehead atoms. The molecule has 5 heterocycles. The average Bonchev–Trinajstić information content (AvgIpc) is 3.74. The van der Waals surface area contributed by atoms with Gasteiger partial charge in [0.2, 0.25) is 0 Å². The lowest BCUT2D eigenvalue weighted by atomic mass is 9.73. The van der Waals surface area contributed by atoms with Crippen molar-refractivity contribution in [1.82, 2.24) is 25.5 Å². The van der Waals surface area contributed by atoms with Crippen LogP contribution in [-0.2, 0) is 0 Å². The Labute approximate surface area is 271 Å². The number of piperazine rings is 1. The van der Waals surface area contributed by atoms with Crippen molar-refractivity contribution < 1.29 is 23.0 Å². The van der Waals surface area contributed by atoms with Crippen molar-refractivity contribution in [2.45, 2.75) is 50.6 Å². The van der Waals surface area contributed by atoms with E-state index in [-0.39, 0.29) is 44.6 Å². The lowest BCUT2D eigenvalue weighted by Crippen LogP contribution is -2.58. The topological polar surface area (TPSA) is 85.8 Å². The number of anilines is 1. The molecule has 0 amide bonds. The fourth-order valence-corrected chi connectivity index (χ4v) is 8.44. The molecule has 11 heteroatoms. The monoisotopic (exact) mass is 644 g/mol. The zero-order valence-electron chi connectivity index (χ0n) is 26.3. The van der Waals surface area contributed by atoms with Gasteiger partial charge in [0.25, 0.3) is 0 Å². The molecule has 4 aromatic rings. The van der Waals surface area contributed by atoms with Gasteiger partial charge in [0, 0.05) is 66.6 Å². The van der Waals surface area contributed by atoms with Crippen LogP contribution in [0.5, 0.6) is 11.8 Å². The zero-order valence-corrected chi connectivity index (χ0v) is 26.3. The van der Waals surface area contributed by atoms with Gasteiger partial charge in [-0.25, -0.2) is 13.2 Å². The minimum atomic E-state index is -1.09. The third-order valence-corrected chi connectivity index (χ3v) is 11.5. The van der Waals surface area contributed by atoms with Gasteiger partial charge in [0.15, 0.2) is 17.5 Å². The number of hydrogen-bond donors (Lipinski definition) is 3. The molecule has 1 saturated carbocycles. The van der Waals surface area contributed by atoms with Crippen molar-refractivity contribution in [3.8, 4) is 22.9 Å². The van der Waals surface area contributed by atoms with Crippen molar-refractivity contribution in [3.63, 3.8) is 0 Å². The fourth-order valence-electron chi connectivity index (χ4n) is 8.44. The number of piperidine rings is 1. The Hall–Kier alpha value is -3.67. The molecule has 47 heavy (non-hydrogen) atoms. The van der Waals surface area contributed by atoms with Gasteiger partial charge < -0.3 is 30.3 Å². The van der Waals surface area contributed by atoms with E-state index in [9.17, 15) is 9.50 Å². The largest absolute Gasteiger partial charge is 0.508 e. The third kappa shape index (κ3) is 5.18. The van der Waals surface area contributed by atoms with Gasteiger partial charge in [-0.15, -0.1) is 0 Å². The standard InChI is InChI=1S/C36H39F3N6O2/c37-28-6-1-21-13-24(46)14-27(29(21)31(28)39)25-4-5-26-32(30(25)38)42-34(43-33(26)45-15-22-2-3-23(16-45)41-22)47-20-36(7-8-36)19-44-11-9-35(10-12-44)17-40-18-35/h1,4-6,13-14,22-23,40-41,46H,2-3,7-12,15-20H2. The minimum Gasteiger partial charge on any atom is -0.508 e. The maximum absolute atomic E-state index is 16.7. The Kier molecular flexibility index (Phi) is 6.85. The highest BCUT2D eigenvalue weighted by Gasteiger charge is 2.47. The molecule has 8 nitrogen and oxygen atoms in total. The Bertz CT molecular complexity index is 1870. The van der Waals surface area contributed by atoms with Crippen LogP contribution in [0.25, 0.3) is 32.8 Å². The Morgan fingerprint density at radius 1 is 0.894 bits per heavy atom. The number of halogens is 3. The number of phenols is 1. The van der Waals surface area contributed by atoms with Crippen molar-refractivity contribution in [1.29, 1.82) is 0 Å². The van der Waals surface area contributed by atoms with E-state index in [0.29, 0.717) is 35.3 Å². The van der Waals surface area contributed by atoms with Crippen LogP contribution in [0.4, 0.5) is 19.0 Å². The highest BCUT2D eigenvalue weighted by atomic mass is 19.2. The highest BCUT2D eigenvalue weighted by Crippen LogP contribution is 2.48. The lowest BCUT2D eigenvalue weighted by Gasteiger charge is -2.48. The summed E-state index contributed by atoms with van der Waals surface area (Å²) in [6.07, 6.45) is 6.76. The molecule has 3 N–H and O–H groups in total. The van der Waals surface area contributed by atoms with E-state index in [1.165, 1.54) is 31.0 Å². The van der Waals surface area contributed by atoms with Crippen LogP contribution in [-0.4, -0.2) is 84.5 Å². The summed E-state index contributed by atoms with van der Waals surface area (Å²) in [7, 11) is 0. The van der Waals surface area contributed by atoms with Gasteiger partial charge in [-0.3, -0.25) is 0 Å². The number of nitrogens with zero attached hydrogens (tertiary/aromatic N) is 4. The number of ether oxygens (including phenoxy) is 1. The number of nitrogens with one attached hydrogen (secondary N) is 2. The molecule has 246 valence electrons. The molecule has 2 atom stereocenters. The maximum Gasteiger partial charge on any atom is 0.319 e. The summed E-state index contributed by atoms with van der Waals surface area (Å²) in [6.45, 7) is 7.39. The third-order valence-electron chi connectivity index (χ3n) is 11.5. The second-order valence-corrected chi connectivity index (χ2v) is 14.8. The summed E-state index contributed by atoms with van der Waals surface area (Å²) in [4.78, 5) is 14.3. The summed E-state index contributed by atoms with van der Waals surface area (Å²) >= 11 is 0. The first-order valence-electron chi connectivity index (χ1n) is 17.0. The van der Waals surface area contributed by atoms with Gasteiger partial charge in [0.05, 0.1) is 6.61 Å². The molecule has 1 spiro atoms. The van der Waals surface area contributed by atoms with Crippen LogP contribution in [0.15, 0.2) is 36.4 Å². The van der Waals surface area contributed by atoms with E-state index in [1.54, 1.807) is 12.1 Å². The van der Waals surface area contributed by atoms with Crippen LogP contribution < -0.4 is 20.3 Å². The van der Waals surface area contributed by atoms with Crippen molar-refractivity contribution in [3.05, 3.63) is 53.8 Å². The van der Waals surface area contributed by atoms with Gasteiger partial charge >= 0.3 is 6.01 Å². The average molecular weight is 645 g/mol. The van der Waals surface area contributed by atoms with Gasteiger partial charge in [-0.05, 0) is 92.2 Å². The van der Waals surface area contributed by atoms with Crippen LogP contribution in [0.1, 0.15) is 38.5 Å². The van der Waals surface area contributed by atoms with E-state index in [1.807, 2.05) is 0 Å². The Morgan fingerprint density at radius 3 is 2.36 bits per heavy atom. The summed E-state index contributed by atoms with van der Waals surface area (Å²) in [6, 6.07) is 9.06. The Morgan fingerprint density at radius 2 is 1.66 bits per heavy atom. The number of benzene rings is 3. The number of fused-ring (bicyclic) bond motifs is 4. The van der Waals surface area contributed by atoms with E-state index in [0.717, 1.165) is 77.6 Å². The lowest BCUT2D eigenvalue weighted by molar-refractivity contribution is 0.0400. The molecule has 1 aliphatic carbocycles. The van der Waals surface area contributed by atoms with E-state index in [4.69, 9.17) is 9.72 Å².